The van der Waals surface area contributed by atoms with E-state index in [9.17, 15) is 14.9 Å². The number of ether oxygens (including phenoxy) is 2. The van der Waals surface area contributed by atoms with Crippen molar-refractivity contribution in [2.45, 2.75) is 37.4 Å². The van der Waals surface area contributed by atoms with Crippen LogP contribution in [0.15, 0.2) is 24.3 Å². The van der Waals surface area contributed by atoms with Crippen LogP contribution in [0.25, 0.3) is 0 Å². The topological polar surface area (TPSA) is 93.9 Å². The molecule has 0 saturated carbocycles. The molecular weight excluding hydrogens is 338 g/mol. The van der Waals surface area contributed by atoms with E-state index in [0.717, 1.165) is 25.9 Å². The first-order chi connectivity index (χ1) is 12.5. The Kier molecular flexibility index (Phi) is 5.73. The maximum Gasteiger partial charge on any atom is 0.269 e. The molecule has 8 heteroatoms. The Labute approximate surface area is 152 Å². The van der Waals surface area contributed by atoms with Gasteiger partial charge in [-0.3, -0.25) is 14.9 Å². The van der Waals surface area contributed by atoms with Gasteiger partial charge in [-0.1, -0.05) is 0 Å². The van der Waals surface area contributed by atoms with Crippen LogP contribution in [0.3, 0.4) is 0 Å². The van der Waals surface area contributed by atoms with E-state index in [2.05, 4.69) is 5.32 Å². The monoisotopic (exact) mass is 363 g/mol. The molecule has 0 bridgehead atoms. The van der Waals surface area contributed by atoms with Crippen molar-refractivity contribution in [3.63, 3.8) is 0 Å². The number of hydrogen-bond acceptors (Lipinski definition) is 6. The second-order valence-corrected chi connectivity index (χ2v) is 6.81. The Bertz CT molecular complexity index is 635. The van der Waals surface area contributed by atoms with E-state index >= 15 is 0 Å². The minimum Gasteiger partial charge on any atom is -0.490 e. The first kappa shape index (κ1) is 18.6. The van der Waals surface area contributed by atoms with Gasteiger partial charge in [-0.2, -0.15) is 0 Å². The molecule has 3 rings (SSSR count). The van der Waals surface area contributed by atoms with Crippen LogP contribution < -0.4 is 10.1 Å². The lowest BCUT2D eigenvalue weighted by atomic mass is 9.89. The van der Waals surface area contributed by atoms with Crippen molar-refractivity contribution in [1.82, 2.24) is 10.2 Å². The van der Waals surface area contributed by atoms with Crippen molar-refractivity contribution < 1.29 is 19.2 Å². The van der Waals surface area contributed by atoms with Crippen LogP contribution >= 0.6 is 0 Å². The highest BCUT2D eigenvalue weighted by atomic mass is 16.6. The molecule has 26 heavy (non-hydrogen) atoms. The quantitative estimate of drug-likeness (QED) is 0.632. The smallest absolute Gasteiger partial charge is 0.269 e. The molecule has 1 aromatic carbocycles. The summed E-state index contributed by atoms with van der Waals surface area (Å²) in [5.41, 5.74) is -0.651. The molecule has 0 aliphatic carbocycles. The maximum atomic E-state index is 12.9. The normalized spacial score (nSPS) is 20.6. The summed E-state index contributed by atoms with van der Waals surface area (Å²) in [6.07, 6.45) is 2.87. The average molecular weight is 363 g/mol. The third-order valence-corrected chi connectivity index (χ3v) is 5.27. The molecule has 0 atom stereocenters. The van der Waals surface area contributed by atoms with Gasteiger partial charge in [0.2, 0.25) is 0 Å². The summed E-state index contributed by atoms with van der Waals surface area (Å²) in [6, 6.07) is 6.11. The first-order valence-electron chi connectivity index (χ1n) is 9.00. The van der Waals surface area contributed by atoms with Gasteiger partial charge in [-0.15, -0.1) is 0 Å². The molecule has 0 radical (unpaired) electrons. The van der Waals surface area contributed by atoms with Crippen LogP contribution in [-0.4, -0.2) is 60.7 Å². The predicted octanol–water partition coefficient (Wildman–Crippen LogP) is 1.73. The summed E-state index contributed by atoms with van der Waals surface area (Å²) in [6.45, 7) is 2.85. The zero-order chi connectivity index (χ0) is 18.6. The Morgan fingerprint density at radius 3 is 2.38 bits per heavy atom. The number of nitrogens with zero attached hydrogens (tertiary/aromatic N) is 2. The van der Waals surface area contributed by atoms with Crippen LogP contribution in [0, 0.1) is 10.1 Å². The van der Waals surface area contributed by atoms with Gasteiger partial charge in [-0.25, -0.2) is 0 Å². The van der Waals surface area contributed by atoms with Crippen LogP contribution in [0.2, 0.25) is 0 Å². The number of benzene rings is 1. The van der Waals surface area contributed by atoms with Crippen LogP contribution in [0.5, 0.6) is 5.75 Å². The molecule has 2 heterocycles. The largest absolute Gasteiger partial charge is 0.490 e. The lowest BCUT2D eigenvalue weighted by Crippen LogP contribution is -2.57. The molecule has 142 valence electrons. The Morgan fingerprint density at radius 1 is 1.23 bits per heavy atom. The Hall–Kier alpha value is -2.19. The molecule has 1 N–H and O–H groups in total. The summed E-state index contributed by atoms with van der Waals surface area (Å²) >= 11 is 0. The van der Waals surface area contributed by atoms with Crippen LogP contribution in [-0.2, 0) is 9.53 Å². The van der Waals surface area contributed by atoms with Crippen molar-refractivity contribution in [3.05, 3.63) is 34.4 Å². The second kappa shape index (κ2) is 8.01. The van der Waals surface area contributed by atoms with Crippen molar-refractivity contribution in [1.29, 1.82) is 0 Å². The molecule has 1 amide bonds. The summed E-state index contributed by atoms with van der Waals surface area (Å²) in [5.74, 6) is 0.697. The van der Waals surface area contributed by atoms with E-state index in [1.54, 1.807) is 19.2 Å². The third kappa shape index (κ3) is 3.96. The highest BCUT2D eigenvalue weighted by molar-refractivity contribution is 5.85. The van der Waals surface area contributed by atoms with E-state index in [0.29, 0.717) is 31.7 Å². The molecule has 0 aromatic heterocycles. The van der Waals surface area contributed by atoms with Gasteiger partial charge < -0.3 is 19.7 Å². The van der Waals surface area contributed by atoms with Gasteiger partial charge in [0.15, 0.2) is 0 Å². The van der Waals surface area contributed by atoms with E-state index in [-0.39, 0.29) is 17.7 Å². The lowest BCUT2D eigenvalue weighted by molar-refractivity contribution is -0.384. The minimum absolute atomic E-state index is 0.00650. The zero-order valence-corrected chi connectivity index (χ0v) is 15.0. The molecule has 2 saturated heterocycles. The molecule has 0 unspecified atom stereocenters. The fourth-order valence-electron chi connectivity index (χ4n) is 3.64. The highest BCUT2D eigenvalue weighted by Crippen LogP contribution is 2.28. The number of rotatable bonds is 5. The van der Waals surface area contributed by atoms with Gasteiger partial charge in [0.25, 0.3) is 11.6 Å². The van der Waals surface area contributed by atoms with Crippen molar-refractivity contribution in [2.24, 2.45) is 0 Å². The van der Waals surface area contributed by atoms with Crippen molar-refractivity contribution in [2.75, 3.05) is 33.3 Å². The summed E-state index contributed by atoms with van der Waals surface area (Å²) in [4.78, 5) is 25.1. The number of non-ortho nitro benzene ring substituents is 1. The fraction of sp³-hybridized carbons (Fsp3) is 0.611. The van der Waals surface area contributed by atoms with E-state index in [1.165, 1.54) is 12.1 Å². The molecule has 2 aliphatic rings. The molecule has 8 nitrogen and oxygen atoms in total. The summed E-state index contributed by atoms with van der Waals surface area (Å²) < 4.78 is 11.5. The number of methoxy groups -OCH3 is 1. The zero-order valence-electron chi connectivity index (χ0n) is 15.0. The second-order valence-electron chi connectivity index (χ2n) is 6.81. The Morgan fingerprint density at radius 2 is 1.85 bits per heavy atom. The highest BCUT2D eigenvalue weighted by Gasteiger charge is 2.43. The summed E-state index contributed by atoms with van der Waals surface area (Å²) in [5, 5.41) is 14.0. The van der Waals surface area contributed by atoms with Gasteiger partial charge in [0.1, 0.15) is 17.5 Å². The maximum absolute atomic E-state index is 12.9. The SMILES string of the molecule is COC1(C(=O)N2CCC(Oc3ccc([N+](=O)[O-])cc3)CC2)CCNCC1. The van der Waals surface area contributed by atoms with Crippen LogP contribution in [0.1, 0.15) is 25.7 Å². The number of nitrogens with one attached hydrogen (secondary N) is 1. The number of hydrogen-bond donors (Lipinski definition) is 1. The number of amides is 1. The molecule has 2 aliphatic heterocycles. The molecular formula is C18H25N3O5. The minimum atomic E-state index is -0.697. The number of nitro groups is 1. The van der Waals surface area contributed by atoms with Gasteiger partial charge >= 0.3 is 0 Å². The van der Waals surface area contributed by atoms with Crippen molar-refractivity contribution in [3.8, 4) is 5.75 Å². The predicted molar refractivity (Wildman–Crippen MR) is 95.2 cm³/mol. The van der Waals surface area contributed by atoms with Gasteiger partial charge in [-0.05, 0) is 38.1 Å². The average Bonchev–Trinajstić information content (AvgIpc) is 2.69. The summed E-state index contributed by atoms with van der Waals surface area (Å²) in [7, 11) is 1.62. The molecule has 2 fully saturated rings. The number of piperidine rings is 2. The van der Waals surface area contributed by atoms with E-state index in [4.69, 9.17) is 9.47 Å². The van der Waals surface area contributed by atoms with E-state index in [1.807, 2.05) is 4.90 Å². The molecule has 1 aromatic rings. The number of nitro benzene ring substituents is 1. The number of carbonyl (C=O) groups is 1. The number of likely N-dealkylation sites (tertiary alicyclic amines) is 1. The van der Waals surface area contributed by atoms with E-state index < -0.39 is 10.5 Å². The van der Waals surface area contributed by atoms with Crippen molar-refractivity contribution >= 4 is 11.6 Å². The van der Waals surface area contributed by atoms with Gasteiger partial charge in [0.05, 0.1) is 4.92 Å². The number of carbonyl (C=O) groups excluding carboxylic acids is 1. The third-order valence-electron chi connectivity index (χ3n) is 5.27. The Balaban J connectivity index is 1.53. The van der Waals surface area contributed by atoms with Gasteiger partial charge in [0, 0.05) is 45.2 Å². The lowest BCUT2D eigenvalue weighted by Gasteiger charge is -2.41. The molecule has 0 spiro atoms. The first-order valence-corrected chi connectivity index (χ1v) is 9.00. The fourth-order valence-corrected chi connectivity index (χ4v) is 3.64. The standard InChI is InChI=1S/C18H25N3O5/c1-25-18(8-10-19-11-9-18)17(22)20-12-6-16(7-13-20)26-15-4-2-14(3-5-15)21(23)24/h2-5,16,19H,6-13H2,1H3. The van der Waals surface area contributed by atoms with Crippen LogP contribution in [0.4, 0.5) is 5.69 Å².